The van der Waals surface area contributed by atoms with E-state index in [9.17, 15) is 4.79 Å². The standard InChI is InChI=1S/C19H30N4O3/c1-14-10-16(14)11-15(2)19(24)20-7-5-8-23-12-17(21-22-23)13-26-18-6-3-4-9-25-18/h12,14,16,18H,2-11,13H2,1H3,(H,20,24)/t14?,16-,18?/m1/s1. The fourth-order valence-corrected chi connectivity index (χ4v) is 3.20. The first-order valence-electron chi connectivity index (χ1n) is 9.70. The number of carbonyl (C=O) groups is 1. The number of ether oxygens (including phenoxy) is 2. The summed E-state index contributed by atoms with van der Waals surface area (Å²) in [6.45, 7) is 8.63. The van der Waals surface area contributed by atoms with Gasteiger partial charge in [0.25, 0.3) is 0 Å². The monoisotopic (exact) mass is 362 g/mol. The van der Waals surface area contributed by atoms with Crippen LogP contribution in [0.2, 0.25) is 0 Å². The van der Waals surface area contributed by atoms with Gasteiger partial charge in [0.15, 0.2) is 6.29 Å². The lowest BCUT2D eigenvalue weighted by Gasteiger charge is -2.22. The summed E-state index contributed by atoms with van der Waals surface area (Å²) in [6, 6.07) is 0. The van der Waals surface area contributed by atoms with Gasteiger partial charge in [0.1, 0.15) is 5.69 Å². The number of hydrogen-bond acceptors (Lipinski definition) is 5. The molecule has 0 aromatic carbocycles. The maximum Gasteiger partial charge on any atom is 0.246 e. The highest BCUT2D eigenvalue weighted by Crippen LogP contribution is 2.42. The zero-order chi connectivity index (χ0) is 18.4. The van der Waals surface area contributed by atoms with Crippen LogP contribution in [0.3, 0.4) is 0 Å². The number of nitrogens with one attached hydrogen (secondary N) is 1. The molecule has 3 rings (SSSR count). The summed E-state index contributed by atoms with van der Waals surface area (Å²) in [5, 5.41) is 11.2. The predicted molar refractivity (Wildman–Crippen MR) is 97.1 cm³/mol. The molecular weight excluding hydrogens is 332 g/mol. The molecule has 1 saturated heterocycles. The van der Waals surface area contributed by atoms with Crippen molar-refractivity contribution in [1.29, 1.82) is 0 Å². The number of rotatable bonds is 10. The van der Waals surface area contributed by atoms with Crippen LogP contribution >= 0.6 is 0 Å². The highest BCUT2D eigenvalue weighted by atomic mass is 16.7. The number of aromatic nitrogens is 3. The summed E-state index contributed by atoms with van der Waals surface area (Å²) in [5.74, 6) is 1.38. The third-order valence-corrected chi connectivity index (χ3v) is 5.10. The molecule has 1 saturated carbocycles. The molecule has 7 heteroatoms. The zero-order valence-corrected chi connectivity index (χ0v) is 15.7. The van der Waals surface area contributed by atoms with Crippen molar-refractivity contribution in [2.24, 2.45) is 11.8 Å². The first kappa shape index (κ1) is 19.0. The van der Waals surface area contributed by atoms with Gasteiger partial charge in [-0.3, -0.25) is 9.48 Å². The van der Waals surface area contributed by atoms with E-state index in [-0.39, 0.29) is 12.2 Å². The van der Waals surface area contributed by atoms with Gasteiger partial charge in [-0.05, 0) is 50.4 Å². The molecule has 0 radical (unpaired) electrons. The maximum absolute atomic E-state index is 12.0. The molecule has 2 fully saturated rings. The Morgan fingerprint density at radius 2 is 2.35 bits per heavy atom. The highest BCUT2D eigenvalue weighted by molar-refractivity contribution is 5.92. The van der Waals surface area contributed by atoms with Crippen LogP contribution in [0.5, 0.6) is 0 Å². The van der Waals surface area contributed by atoms with Gasteiger partial charge in [0.2, 0.25) is 5.91 Å². The van der Waals surface area contributed by atoms with E-state index < -0.39 is 0 Å². The molecule has 1 aliphatic carbocycles. The number of hydrogen-bond donors (Lipinski definition) is 1. The molecule has 26 heavy (non-hydrogen) atoms. The van der Waals surface area contributed by atoms with Gasteiger partial charge in [-0.25, -0.2) is 0 Å². The molecule has 144 valence electrons. The topological polar surface area (TPSA) is 78.3 Å². The molecule has 2 heterocycles. The molecule has 1 N–H and O–H groups in total. The second-order valence-electron chi connectivity index (χ2n) is 7.47. The van der Waals surface area contributed by atoms with Crippen LogP contribution in [-0.4, -0.2) is 40.3 Å². The highest BCUT2D eigenvalue weighted by Gasteiger charge is 2.33. The van der Waals surface area contributed by atoms with Crippen LogP contribution in [-0.2, 0) is 27.4 Å². The lowest BCUT2D eigenvalue weighted by Crippen LogP contribution is -2.26. The number of carbonyl (C=O) groups excluding carboxylic acids is 1. The summed E-state index contributed by atoms with van der Waals surface area (Å²) in [5.41, 5.74) is 1.50. The molecule has 3 atom stereocenters. The van der Waals surface area contributed by atoms with Crippen LogP contribution in [0, 0.1) is 11.8 Å². The third-order valence-electron chi connectivity index (χ3n) is 5.10. The molecule has 1 aliphatic heterocycles. The molecular formula is C19H30N4O3. The van der Waals surface area contributed by atoms with Gasteiger partial charge in [-0.15, -0.1) is 5.10 Å². The Balaban J connectivity index is 1.28. The Bertz CT molecular complexity index is 610. The Morgan fingerprint density at radius 1 is 1.50 bits per heavy atom. The average molecular weight is 362 g/mol. The van der Waals surface area contributed by atoms with Crippen molar-refractivity contribution >= 4 is 5.91 Å². The molecule has 2 unspecified atom stereocenters. The van der Waals surface area contributed by atoms with E-state index >= 15 is 0 Å². The second kappa shape index (κ2) is 9.28. The van der Waals surface area contributed by atoms with Crippen molar-refractivity contribution in [3.05, 3.63) is 24.0 Å². The summed E-state index contributed by atoms with van der Waals surface area (Å²) in [6.07, 6.45) is 7.82. The van der Waals surface area contributed by atoms with Crippen molar-refractivity contribution < 1.29 is 14.3 Å². The fourth-order valence-electron chi connectivity index (χ4n) is 3.20. The fraction of sp³-hybridized carbons (Fsp3) is 0.737. The van der Waals surface area contributed by atoms with Gasteiger partial charge in [0, 0.05) is 25.3 Å². The molecule has 1 aromatic heterocycles. The lowest BCUT2D eigenvalue weighted by molar-refractivity contribution is -0.169. The summed E-state index contributed by atoms with van der Waals surface area (Å²) < 4.78 is 13.0. The van der Waals surface area contributed by atoms with Gasteiger partial charge in [-0.2, -0.15) is 0 Å². The normalized spacial score (nSPS) is 25.0. The minimum atomic E-state index is -0.115. The van der Waals surface area contributed by atoms with Gasteiger partial charge in [0.05, 0.1) is 12.8 Å². The van der Waals surface area contributed by atoms with E-state index in [1.165, 1.54) is 6.42 Å². The van der Waals surface area contributed by atoms with E-state index in [0.29, 0.717) is 31.2 Å². The van der Waals surface area contributed by atoms with Crippen molar-refractivity contribution in [2.75, 3.05) is 13.2 Å². The van der Waals surface area contributed by atoms with Crippen molar-refractivity contribution in [3.8, 4) is 0 Å². The SMILES string of the molecule is C=C(C[C@H]1CC1C)C(=O)NCCCn1cc(COC2CCCCO2)nn1. The Kier molecular flexibility index (Phi) is 6.80. The summed E-state index contributed by atoms with van der Waals surface area (Å²) in [4.78, 5) is 12.0. The van der Waals surface area contributed by atoms with Crippen molar-refractivity contribution in [3.63, 3.8) is 0 Å². The average Bonchev–Trinajstić information content (AvgIpc) is 3.16. The van der Waals surface area contributed by atoms with Crippen molar-refractivity contribution in [1.82, 2.24) is 20.3 Å². The molecule has 2 aliphatic rings. The van der Waals surface area contributed by atoms with E-state index in [0.717, 1.165) is 50.3 Å². The Hall–Kier alpha value is -1.73. The Morgan fingerprint density at radius 3 is 3.08 bits per heavy atom. The lowest BCUT2D eigenvalue weighted by atomic mass is 10.1. The first-order valence-corrected chi connectivity index (χ1v) is 9.70. The van der Waals surface area contributed by atoms with E-state index in [4.69, 9.17) is 9.47 Å². The van der Waals surface area contributed by atoms with E-state index in [1.54, 1.807) is 4.68 Å². The second-order valence-corrected chi connectivity index (χ2v) is 7.47. The third kappa shape index (κ3) is 5.92. The van der Waals surface area contributed by atoms with E-state index in [1.807, 2.05) is 6.20 Å². The van der Waals surface area contributed by atoms with Crippen LogP contribution in [0.4, 0.5) is 0 Å². The molecule has 7 nitrogen and oxygen atoms in total. The van der Waals surface area contributed by atoms with E-state index in [2.05, 4.69) is 29.1 Å². The van der Waals surface area contributed by atoms with Gasteiger partial charge >= 0.3 is 0 Å². The molecule has 0 bridgehead atoms. The van der Waals surface area contributed by atoms with Crippen LogP contribution in [0.25, 0.3) is 0 Å². The van der Waals surface area contributed by atoms with Gasteiger partial charge < -0.3 is 14.8 Å². The van der Waals surface area contributed by atoms with Crippen LogP contribution in [0.15, 0.2) is 18.3 Å². The van der Waals surface area contributed by atoms with Crippen LogP contribution < -0.4 is 5.32 Å². The number of aryl methyl sites for hydroxylation is 1. The first-order chi connectivity index (χ1) is 12.6. The largest absolute Gasteiger partial charge is 0.353 e. The minimum Gasteiger partial charge on any atom is -0.353 e. The smallest absolute Gasteiger partial charge is 0.246 e. The summed E-state index contributed by atoms with van der Waals surface area (Å²) >= 11 is 0. The molecule has 0 spiro atoms. The number of amides is 1. The molecule has 1 aromatic rings. The quantitative estimate of drug-likeness (QED) is 0.511. The summed E-state index contributed by atoms with van der Waals surface area (Å²) in [7, 11) is 0. The number of nitrogens with zero attached hydrogens (tertiary/aromatic N) is 3. The minimum absolute atomic E-state index is 0.0238. The van der Waals surface area contributed by atoms with Gasteiger partial charge in [-0.1, -0.05) is 18.7 Å². The predicted octanol–water partition coefficient (Wildman–Crippen LogP) is 2.43. The Labute approximate surface area is 155 Å². The van der Waals surface area contributed by atoms with Crippen molar-refractivity contribution in [2.45, 2.75) is 64.9 Å². The van der Waals surface area contributed by atoms with Crippen LogP contribution in [0.1, 0.15) is 51.1 Å². The molecule has 1 amide bonds. The zero-order valence-electron chi connectivity index (χ0n) is 15.7. The maximum atomic E-state index is 12.0.